The van der Waals surface area contributed by atoms with Crippen molar-refractivity contribution in [2.45, 2.75) is 23.7 Å². The lowest BCUT2D eigenvalue weighted by Gasteiger charge is -1.98. The smallest absolute Gasteiger partial charge is 0.0236 e. The number of hydrogen-bond donors (Lipinski definition) is 0. The van der Waals surface area contributed by atoms with Gasteiger partial charge in [0.15, 0.2) is 0 Å². The van der Waals surface area contributed by atoms with Crippen LogP contribution in [0.1, 0.15) is 24.3 Å². The third-order valence-electron chi connectivity index (χ3n) is 2.00. The van der Waals surface area contributed by atoms with E-state index in [4.69, 9.17) is 10.7 Å². The van der Waals surface area contributed by atoms with Crippen LogP contribution in [0.15, 0.2) is 29.2 Å². The fraction of sp³-hybridized carbons (Fsp3) is 0.333. The lowest BCUT2D eigenvalue weighted by molar-refractivity contribution is 1.11. The van der Waals surface area contributed by atoms with Crippen molar-refractivity contribution in [1.29, 1.82) is 0 Å². The molecule has 0 unspecified atom stereocenters. The second kappa shape index (κ2) is 3.08. The molecule has 1 aromatic carbocycles. The Labute approximate surface area is 75.5 Å². The highest BCUT2D eigenvalue weighted by Crippen LogP contribution is 2.41. The van der Waals surface area contributed by atoms with E-state index < -0.39 is 0 Å². The van der Waals surface area contributed by atoms with E-state index in [0.29, 0.717) is 0 Å². The SMILES string of the molecule is ClSc1cccc(C2CC2)c1. The molecule has 0 atom stereocenters. The largest absolute Gasteiger partial charge is 0.0608 e. The molecule has 0 aliphatic heterocycles. The number of halogens is 1. The predicted molar refractivity (Wildman–Crippen MR) is 50.1 cm³/mol. The van der Waals surface area contributed by atoms with Gasteiger partial charge in [0, 0.05) is 4.90 Å². The summed E-state index contributed by atoms with van der Waals surface area (Å²) in [5.41, 5.74) is 1.45. The van der Waals surface area contributed by atoms with Gasteiger partial charge >= 0.3 is 0 Å². The van der Waals surface area contributed by atoms with E-state index in [-0.39, 0.29) is 0 Å². The molecule has 1 aliphatic rings. The van der Waals surface area contributed by atoms with Crippen LogP contribution < -0.4 is 0 Å². The van der Waals surface area contributed by atoms with Gasteiger partial charge in [0.1, 0.15) is 0 Å². The zero-order valence-corrected chi connectivity index (χ0v) is 7.66. The Balaban J connectivity index is 2.26. The first kappa shape index (κ1) is 7.51. The quantitative estimate of drug-likeness (QED) is 0.674. The van der Waals surface area contributed by atoms with Crippen LogP contribution in [0.3, 0.4) is 0 Å². The number of benzene rings is 1. The van der Waals surface area contributed by atoms with Gasteiger partial charge in [-0.2, -0.15) is 0 Å². The van der Waals surface area contributed by atoms with E-state index in [1.807, 2.05) is 6.07 Å². The van der Waals surface area contributed by atoms with E-state index in [0.717, 1.165) is 10.8 Å². The Hall–Kier alpha value is -0.140. The zero-order valence-electron chi connectivity index (χ0n) is 6.09. The zero-order chi connectivity index (χ0) is 7.68. The van der Waals surface area contributed by atoms with Crippen LogP contribution in [0.4, 0.5) is 0 Å². The van der Waals surface area contributed by atoms with Crippen molar-refractivity contribution in [3.8, 4) is 0 Å². The Morgan fingerprint density at radius 3 is 2.82 bits per heavy atom. The Bertz CT molecular complexity index is 255. The van der Waals surface area contributed by atoms with Crippen LogP contribution in [0.25, 0.3) is 0 Å². The third kappa shape index (κ3) is 1.71. The summed E-state index contributed by atoms with van der Waals surface area (Å²) in [6, 6.07) is 8.51. The van der Waals surface area contributed by atoms with Gasteiger partial charge in [0.05, 0.1) is 0 Å². The monoisotopic (exact) mass is 184 g/mol. The van der Waals surface area contributed by atoms with Crippen LogP contribution in [-0.2, 0) is 0 Å². The minimum absolute atomic E-state index is 0.832. The Kier molecular flexibility index (Phi) is 2.10. The second-order valence-corrected chi connectivity index (χ2v) is 4.01. The van der Waals surface area contributed by atoms with E-state index in [1.165, 1.54) is 29.4 Å². The van der Waals surface area contributed by atoms with Crippen molar-refractivity contribution >= 4 is 21.7 Å². The molecule has 0 spiro atoms. The molecule has 1 aromatic rings. The molecule has 0 bridgehead atoms. The van der Waals surface area contributed by atoms with Crippen molar-refractivity contribution in [3.63, 3.8) is 0 Å². The van der Waals surface area contributed by atoms with Gasteiger partial charge in [-0.05, 0) is 58.1 Å². The van der Waals surface area contributed by atoms with E-state index >= 15 is 0 Å². The standard InChI is InChI=1S/C9H9ClS/c10-11-9-3-1-2-8(6-9)7-4-5-7/h1-3,6-7H,4-5H2. The summed E-state index contributed by atoms with van der Waals surface area (Å²) in [6.07, 6.45) is 2.72. The first-order valence-electron chi connectivity index (χ1n) is 3.78. The van der Waals surface area contributed by atoms with Crippen molar-refractivity contribution in [1.82, 2.24) is 0 Å². The molecule has 1 aliphatic carbocycles. The highest BCUT2D eigenvalue weighted by atomic mass is 35.7. The number of rotatable bonds is 2. The van der Waals surface area contributed by atoms with Gasteiger partial charge in [-0.3, -0.25) is 0 Å². The van der Waals surface area contributed by atoms with E-state index in [2.05, 4.69) is 18.2 Å². The molecule has 0 nitrogen and oxygen atoms in total. The molecule has 0 heterocycles. The van der Waals surface area contributed by atoms with E-state index in [9.17, 15) is 0 Å². The molecule has 11 heavy (non-hydrogen) atoms. The van der Waals surface area contributed by atoms with Crippen LogP contribution in [-0.4, -0.2) is 0 Å². The molecule has 0 radical (unpaired) electrons. The summed E-state index contributed by atoms with van der Waals surface area (Å²) >= 11 is 0. The van der Waals surface area contributed by atoms with Gasteiger partial charge in [-0.15, -0.1) is 0 Å². The molecule has 0 amide bonds. The van der Waals surface area contributed by atoms with Crippen LogP contribution in [0.5, 0.6) is 0 Å². The Morgan fingerprint density at radius 1 is 1.36 bits per heavy atom. The van der Waals surface area contributed by atoms with Crippen LogP contribution in [0, 0.1) is 0 Å². The lowest BCUT2D eigenvalue weighted by Crippen LogP contribution is -1.77. The van der Waals surface area contributed by atoms with Crippen molar-refractivity contribution < 1.29 is 0 Å². The minimum Gasteiger partial charge on any atom is -0.0608 e. The van der Waals surface area contributed by atoms with Gasteiger partial charge in [0.25, 0.3) is 0 Å². The summed E-state index contributed by atoms with van der Waals surface area (Å²) in [5, 5.41) is 0. The fourth-order valence-electron chi connectivity index (χ4n) is 1.23. The summed E-state index contributed by atoms with van der Waals surface area (Å²) < 4.78 is 0. The summed E-state index contributed by atoms with van der Waals surface area (Å²) in [7, 11) is 6.94. The first-order valence-corrected chi connectivity index (χ1v) is 5.43. The van der Waals surface area contributed by atoms with Gasteiger partial charge < -0.3 is 0 Å². The van der Waals surface area contributed by atoms with E-state index in [1.54, 1.807) is 0 Å². The average Bonchev–Trinajstić information content (AvgIpc) is 2.87. The molecule has 0 saturated heterocycles. The van der Waals surface area contributed by atoms with Gasteiger partial charge in [0.2, 0.25) is 0 Å². The average molecular weight is 185 g/mol. The molecule has 2 rings (SSSR count). The fourth-order valence-corrected chi connectivity index (χ4v) is 1.83. The van der Waals surface area contributed by atoms with Crippen molar-refractivity contribution in [2.75, 3.05) is 0 Å². The summed E-state index contributed by atoms with van der Waals surface area (Å²) in [5.74, 6) is 0.832. The van der Waals surface area contributed by atoms with Crippen LogP contribution in [0.2, 0.25) is 0 Å². The Morgan fingerprint density at radius 2 is 2.18 bits per heavy atom. The predicted octanol–water partition coefficient (Wildman–Crippen LogP) is 3.81. The van der Waals surface area contributed by atoms with Gasteiger partial charge in [-0.25, -0.2) is 0 Å². The summed E-state index contributed by atoms with van der Waals surface area (Å²) in [6.45, 7) is 0. The molecular formula is C9H9ClS. The molecule has 1 saturated carbocycles. The highest BCUT2D eigenvalue weighted by molar-refractivity contribution is 8.21. The molecule has 2 heteroatoms. The van der Waals surface area contributed by atoms with Crippen LogP contribution >= 0.6 is 21.7 Å². The van der Waals surface area contributed by atoms with Gasteiger partial charge in [-0.1, -0.05) is 12.1 Å². The third-order valence-corrected chi connectivity index (χ3v) is 2.96. The maximum absolute atomic E-state index is 5.64. The topological polar surface area (TPSA) is 0 Å². The molecular weight excluding hydrogens is 176 g/mol. The summed E-state index contributed by atoms with van der Waals surface area (Å²) in [4.78, 5) is 1.16. The molecule has 0 aromatic heterocycles. The van der Waals surface area contributed by atoms with Crippen molar-refractivity contribution in [2.24, 2.45) is 0 Å². The highest BCUT2D eigenvalue weighted by Gasteiger charge is 2.23. The molecule has 0 N–H and O–H groups in total. The molecule has 58 valence electrons. The second-order valence-electron chi connectivity index (χ2n) is 2.92. The minimum atomic E-state index is 0.832. The van der Waals surface area contributed by atoms with Crippen molar-refractivity contribution in [3.05, 3.63) is 29.8 Å². The number of hydrogen-bond acceptors (Lipinski definition) is 1. The maximum atomic E-state index is 5.64. The normalized spacial score (nSPS) is 16.8. The molecule has 1 fully saturated rings. The first-order chi connectivity index (χ1) is 5.40. The maximum Gasteiger partial charge on any atom is 0.0236 e. The lowest BCUT2D eigenvalue weighted by atomic mass is 10.1.